The van der Waals surface area contributed by atoms with Crippen molar-refractivity contribution in [3.05, 3.63) is 65.2 Å². The summed E-state index contributed by atoms with van der Waals surface area (Å²) in [5, 5.41) is 4.04. The molecule has 4 aromatic rings. The van der Waals surface area contributed by atoms with Gasteiger partial charge in [0.2, 0.25) is 5.91 Å². The summed E-state index contributed by atoms with van der Waals surface area (Å²) in [7, 11) is 0. The molecule has 2 heterocycles. The maximum absolute atomic E-state index is 14.4. The molecule has 7 nitrogen and oxygen atoms in total. The summed E-state index contributed by atoms with van der Waals surface area (Å²) < 4.78 is 30.3. The van der Waals surface area contributed by atoms with Gasteiger partial charge in [0.25, 0.3) is 0 Å². The lowest BCUT2D eigenvalue weighted by Crippen LogP contribution is -2.36. The first kappa shape index (κ1) is 23.2. The predicted molar refractivity (Wildman–Crippen MR) is 129 cm³/mol. The fraction of sp³-hybridized carbons (Fsp3) is 0.280. The van der Waals surface area contributed by atoms with Gasteiger partial charge in [0, 0.05) is 23.4 Å². The number of fused-ring (bicyclic) bond motifs is 3. The molecular formula is C25H22ClF2N5O2. The van der Waals surface area contributed by atoms with Gasteiger partial charge in [-0.15, -0.1) is 0 Å². The molecule has 1 aliphatic carbocycles. The van der Waals surface area contributed by atoms with Crippen molar-refractivity contribution in [3.8, 4) is 0 Å². The van der Waals surface area contributed by atoms with Crippen molar-refractivity contribution < 1.29 is 18.4 Å². The molecule has 2 aromatic heterocycles. The maximum Gasteiger partial charge on any atom is 0.224 e. The van der Waals surface area contributed by atoms with E-state index < -0.39 is 29.7 Å². The number of aromatic nitrogens is 3. The van der Waals surface area contributed by atoms with Crippen molar-refractivity contribution in [2.24, 2.45) is 11.8 Å². The number of amides is 1. The average Bonchev–Trinajstić information content (AvgIpc) is 3.39. The van der Waals surface area contributed by atoms with E-state index in [-0.39, 0.29) is 42.3 Å². The van der Waals surface area contributed by atoms with Gasteiger partial charge in [0.15, 0.2) is 5.78 Å². The van der Waals surface area contributed by atoms with Gasteiger partial charge in [-0.2, -0.15) is 0 Å². The molecule has 0 bridgehead atoms. The molecule has 5 rings (SSSR count). The van der Waals surface area contributed by atoms with Gasteiger partial charge in [0.05, 0.1) is 28.4 Å². The number of nitrogens with two attached hydrogens (primary N) is 1. The minimum atomic E-state index is -1.28. The van der Waals surface area contributed by atoms with Crippen LogP contribution in [0, 0.1) is 17.7 Å². The van der Waals surface area contributed by atoms with E-state index in [2.05, 4.69) is 15.3 Å². The zero-order valence-corrected chi connectivity index (χ0v) is 19.3. The van der Waals surface area contributed by atoms with Crippen molar-refractivity contribution >= 4 is 51.0 Å². The Morgan fingerprint density at radius 1 is 1.11 bits per heavy atom. The van der Waals surface area contributed by atoms with E-state index in [0.717, 1.165) is 10.9 Å². The molecule has 1 saturated carbocycles. The molecule has 0 spiro atoms. The molecule has 1 amide bonds. The average molecular weight is 498 g/mol. The Kier molecular flexibility index (Phi) is 6.10. The van der Waals surface area contributed by atoms with Crippen LogP contribution in [0.3, 0.4) is 0 Å². The molecule has 1 unspecified atom stereocenters. The highest BCUT2D eigenvalue weighted by Crippen LogP contribution is 2.37. The Morgan fingerprint density at radius 3 is 2.71 bits per heavy atom. The van der Waals surface area contributed by atoms with Crippen LogP contribution < -0.4 is 11.1 Å². The first-order valence-corrected chi connectivity index (χ1v) is 11.6. The van der Waals surface area contributed by atoms with Crippen molar-refractivity contribution in [1.82, 2.24) is 19.9 Å². The summed E-state index contributed by atoms with van der Waals surface area (Å²) in [4.78, 5) is 34.7. The number of carbonyl (C=O) groups is 2. The van der Waals surface area contributed by atoms with Crippen LogP contribution in [0.2, 0.25) is 5.02 Å². The van der Waals surface area contributed by atoms with Gasteiger partial charge >= 0.3 is 0 Å². The van der Waals surface area contributed by atoms with Crippen LogP contribution in [0.15, 0.2) is 48.8 Å². The number of rotatable bonds is 6. The number of anilines is 1. The number of carbonyl (C=O) groups excluding carboxylic acids is 2. The van der Waals surface area contributed by atoms with E-state index in [1.807, 2.05) is 24.3 Å². The van der Waals surface area contributed by atoms with Crippen LogP contribution in [0.1, 0.15) is 18.4 Å². The fourth-order valence-electron chi connectivity index (χ4n) is 4.94. The minimum Gasteiger partial charge on any atom is -0.383 e. The summed E-state index contributed by atoms with van der Waals surface area (Å²) in [5.74, 6) is -2.76. The largest absolute Gasteiger partial charge is 0.383 e. The normalized spacial score (nSPS) is 19.9. The highest BCUT2D eigenvalue weighted by Gasteiger charge is 2.42. The first-order valence-electron chi connectivity index (χ1n) is 11.2. The quantitative estimate of drug-likeness (QED) is 0.415. The second-order valence-electron chi connectivity index (χ2n) is 8.74. The highest BCUT2D eigenvalue weighted by molar-refractivity contribution is 6.30. The number of nitrogen functional groups attached to an aromatic ring is 1. The number of halogens is 3. The van der Waals surface area contributed by atoms with Crippen molar-refractivity contribution in [2.45, 2.75) is 32.1 Å². The van der Waals surface area contributed by atoms with Crippen molar-refractivity contribution in [2.75, 3.05) is 5.73 Å². The molecule has 1 aliphatic rings. The van der Waals surface area contributed by atoms with E-state index in [9.17, 15) is 18.4 Å². The molecule has 3 atom stereocenters. The number of benzene rings is 2. The second kappa shape index (κ2) is 9.22. The summed E-state index contributed by atoms with van der Waals surface area (Å²) in [6.45, 7) is -0.201. The minimum absolute atomic E-state index is 0.0449. The smallest absolute Gasteiger partial charge is 0.224 e. The van der Waals surface area contributed by atoms with Gasteiger partial charge in [-0.25, -0.2) is 18.7 Å². The topological polar surface area (TPSA) is 103 Å². The summed E-state index contributed by atoms with van der Waals surface area (Å²) in [6.07, 6.45) is -0.0615. The van der Waals surface area contributed by atoms with E-state index in [4.69, 9.17) is 17.3 Å². The zero-order chi connectivity index (χ0) is 24.7. The molecular weight excluding hydrogens is 476 g/mol. The molecule has 0 aliphatic heterocycles. The standard InChI is InChI=1S/C25H22ClF2N5O2/c26-18-6-3-4-13(22(18)28)10-30-25(35)17-9-14(27)8-16(17)20(34)11-33-19-7-2-1-5-15(19)21-23(29)31-12-32-24(21)33/h1-7,12,14,16-17H,8-11H2,(H,30,35)(H2,29,31,32)/t14-,16?,17+/m0/s1. The number of hydrogen-bond acceptors (Lipinski definition) is 5. The van der Waals surface area contributed by atoms with Crippen molar-refractivity contribution in [1.29, 1.82) is 0 Å². The number of nitrogens with one attached hydrogen (secondary N) is 1. The van der Waals surface area contributed by atoms with E-state index in [1.165, 1.54) is 18.5 Å². The lowest BCUT2D eigenvalue weighted by molar-refractivity contribution is -0.132. The van der Waals surface area contributed by atoms with Gasteiger partial charge in [-0.1, -0.05) is 41.9 Å². The number of alkyl halides is 1. The highest BCUT2D eigenvalue weighted by atomic mass is 35.5. The predicted octanol–water partition coefficient (Wildman–Crippen LogP) is 4.21. The van der Waals surface area contributed by atoms with Gasteiger partial charge in [0.1, 0.15) is 29.8 Å². The Bertz CT molecular complexity index is 1460. The van der Waals surface area contributed by atoms with E-state index >= 15 is 0 Å². The second-order valence-corrected chi connectivity index (χ2v) is 9.15. The molecule has 1 fully saturated rings. The molecule has 0 radical (unpaired) electrons. The number of nitrogens with zero attached hydrogens (tertiary/aromatic N) is 3. The Balaban J connectivity index is 1.39. The Labute approximate surface area is 204 Å². The lowest BCUT2D eigenvalue weighted by Gasteiger charge is -2.19. The summed E-state index contributed by atoms with van der Waals surface area (Å²) in [6, 6.07) is 11.9. The van der Waals surface area contributed by atoms with E-state index in [0.29, 0.717) is 16.9 Å². The third-order valence-corrected chi connectivity index (χ3v) is 6.92. The van der Waals surface area contributed by atoms with Crippen molar-refractivity contribution in [3.63, 3.8) is 0 Å². The maximum atomic E-state index is 14.4. The molecule has 2 aromatic carbocycles. The first-order chi connectivity index (χ1) is 16.8. The van der Waals surface area contributed by atoms with Crippen LogP contribution in [0.4, 0.5) is 14.6 Å². The Morgan fingerprint density at radius 2 is 1.89 bits per heavy atom. The van der Waals surface area contributed by atoms with Crippen LogP contribution in [0.25, 0.3) is 21.9 Å². The lowest BCUT2D eigenvalue weighted by atomic mass is 9.91. The van der Waals surface area contributed by atoms with Gasteiger partial charge in [-0.3, -0.25) is 9.59 Å². The van der Waals surface area contributed by atoms with Crippen LogP contribution in [-0.2, 0) is 22.7 Å². The number of Topliss-reactive ketones (excluding diaryl/α,β-unsaturated/α-hetero) is 1. The molecule has 10 heteroatoms. The Hall–Kier alpha value is -3.59. The zero-order valence-electron chi connectivity index (χ0n) is 18.5. The third-order valence-electron chi connectivity index (χ3n) is 6.63. The van der Waals surface area contributed by atoms with Gasteiger partial charge in [-0.05, 0) is 25.0 Å². The number of hydrogen-bond donors (Lipinski definition) is 2. The van der Waals surface area contributed by atoms with Crippen LogP contribution in [-0.4, -0.2) is 32.4 Å². The molecule has 180 valence electrons. The molecule has 0 saturated heterocycles. The fourth-order valence-corrected chi connectivity index (χ4v) is 5.13. The summed E-state index contributed by atoms with van der Waals surface area (Å²) in [5.41, 5.74) is 7.54. The van der Waals surface area contributed by atoms with Crippen LogP contribution in [0.5, 0.6) is 0 Å². The third kappa shape index (κ3) is 4.20. The molecule has 3 N–H and O–H groups in total. The van der Waals surface area contributed by atoms with Gasteiger partial charge < -0.3 is 15.6 Å². The summed E-state index contributed by atoms with van der Waals surface area (Å²) >= 11 is 5.80. The molecule has 35 heavy (non-hydrogen) atoms. The number of ketones is 1. The monoisotopic (exact) mass is 497 g/mol. The van der Waals surface area contributed by atoms with Crippen LogP contribution >= 0.6 is 11.6 Å². The van der Waals surface area contributed by atoms with E-state index in [1.54, 1.807) is 10.6 Å². The number of para-hydroxylation sites is 1. The SMILES string of the molecule is Nc1ncnc2c1c1ccccc1n2CC(=O)C1C[C@H](F)C[C@H]1C(=O)NCc1cccc(Cl)c1F.